The van der Waals surface area contributed by atoms with Gasteiger partial charge >= 0.3 is 5.97 Å². The van der Waals surface area contributed by atoms with Crippen molar-refractivity contribution < 1.29 is 24.9 Å². The smallest absolute Gasteiger partial charge is 0.303 e. The zero-order valence-electron chi connectivity index (χ0n) is 15.1. The molecule has 0 saturated heterocycles. The van der Waals surface area contributed by atoms with E-state index in [2.05, 4.69) is 6.92 Å². The van der Waals surface area contributed by atoms with Crippen LogP contribution in [-0.2, 0) is 9.59 Å². The van der Waals surface area contributed by atoms with E-state index in [9.17, 15) is 19.8 Å². The number of unbranched alkanes of at least 4 members (excludes halogenated alkanes) is 3. The lowest BCUT2D eigenvalue weighted by Gasteiger charge is -2.18. The van der Waals surface area contributed by atoms with Gasteiger partial charge in [0.15, 0.2) is 0 Å². The number of aliphatic hydroxyl groups excluding tert-OH is 2. The van der Waals surface area contributed by atoms with Crippen molar-refractivity contribution >= 4 is 11.8 Å². The van der Waals surface area contributed by atoms with E-state index in [0.717, 1.165) is 25.7 Å². The lowest BCUT2D eigenvalue weighted by atomic mass is 9.88. The summed E-state index contributed by atoms with van der Waals surface area (Å²) >= 11 is 0. The fraction of sp³-hybridized carbons (Fsp3) is 0.700. The maximum atomic E-state index is 12.1. The van der Waals surface area contributed by atoms with E-state index in [1.165, 1.54) is 0 Å². The number of carbonyl (C=O) groups is 2. The number of carbonyl (C=O) groups excluding carboxylic acids is 1. The summed E-state index contributed by atoms with van der Waals surface area (Å²) in [6.45, 7) is 2.12. The normalized spacial score (nSPS) is 25.2. The first-order valence-corrected chi connectivity index (χ1v) is 9.39. The topological polar surface area (TPSA) is 94.8 Å². The average Bonchev–Trinajstić information content (AvgIpc) is 2.82. The molecule has 1 fully saturated rings. The van der Waals surface area contributed by atoms with Gasteiger partial charge in [0.25, 0.3) is 0 Å². The highest BCUT2D eigenvalue weighted by Gasteiger charge is 2.39. The van der Waals surface area contributed by atoms with Gasteiger partial charge in [0.05, 0.1) is 12.2 Å². The molecule has 5 heteroatoms. The zero-order valence-corrected chi connectivity index (χ0v) is 15.1. The van der Waals surface area contributed by atoms with Gasteiger partial charge < -0.3 is 15.3 Å². The predicted octanol–water partition coefficient (Wildman–Crippen LogP) is 3.25. The van der Waals surface area contributed by atoms with Crippen molar-refractivity contribution in [1.82, 2.24) is 0 Å². The highest BCUT2D eigenvalue weighted by molar-refractivity contribution is 5.85. The Labute approximate surface area is 150 Å². The third kappa shape index (κ3) is 8.45. The van der Waals surface area contributed by atoms with Crippen LogP contribution >= 0.6 is 0 Å². The zero-order chi connectivity index (χ0) is 18.7. The van der Waals surface area contributed by atoms with Gasteiger partial charge in [-0.15, -0.1) is 0 Å². The van der Waals surface area contributed by atoms with Crippen molar-refractivity contribution in [2.75, 3.05) is 0 Å². The summed E-state index contributed by atoms with van der Waals surface area (Å²) in [4.78, 5) is 22.5. The van der Waals surface area contributed by atoms with E-state index in [1.807, 2.05) is 12.2 Å². The second-order valence-electron chi connectivity index (χ2n) is 6.87. The molecule has 1 aliphatic rings. The number of ketones is 1. The molecule has 0 aliphatic heterocycles. The van der Waals surface area contributed by atoms with E-state index < -0.39 is 18.2 Å². The molecule has 25 heavy (non-hydrogen) atoms. The molecule has 0 aromatic heterocycles. The minimum Gasteiger partial charge on any atom is -0.481 e. The Kier molecular flexibility index (Phi) is 10.3. The molecule has 1 aliphatic carbocycles. The van der Waals surface area contributed by atoms with E-state index in [4.69, 9.17) is 5.11 Å². The van der Waals surface area contributed by atoms with Crippen LogP contribution in [-0.4, -0.2) is 39.3 Å². The largest absolute Gasteiger partial charge is 0.481 e. The molecular formula is C20H32O5. The molecule has 0 radical (unpaired) electrons. The summed E-state index contributed by atoms with van der Waals surface area (Å²) in [6, 6.07) is 0. The molecule has 0 aromatic rings. The van der Waals surface area contributed by atoms with Gasteiger partial charge in [0.2, 0.25) is 0 Å². The standard InChI is InChI=1S/C20H32O5/c1-2-3-6-10-16-17(19(23)14-18(16)22)13-12-15(21)9-7-4-5-8-11-20(24)25/h4,7,12-13,15-18,21-22H,2-3,5-6,8-11,14H2,1H3,(H,24,25)/b7-4-,13-12+/t15-,16-,17-,18-/m1/s1. The van der Waals surface area contributed by atoms with Gasteiger partial charge in [-0.2, -0.15) is 0 Å². The monoisotopic (exact) mass is 352 g/mol. The molecule has 0 aromatic carbocycles. The molecule has 1 rings (SSSR count). The Balaban J connectivity index is 2.41. The molecular weight excluding hydrogens is 320 g/mol. The van der Waals surface area contributed by atoms with E-state index in [0.29, 0.717) is 19.3 Å². The minimum atomic E-state index is -0.798. The lowest BCUT2D eigenvalue weighted by molar-refractivity contribution is -0.137. The number of aliphatic hydroxyl groups is 2. The van der Waals surface area contributed by atoms with Gasteiger partial charge in [-0.25, -0.2) is 0 Å². The molecule has 5 nitrogen and oxygen atoms in total. The number of hydrogen-bond donors (Lipinski definition) is 3. The lowest BCUT2D eigenvalue weighted by Crippen LogP contribution is -2.19. The number of Topliss-reactive ketones (excluding diaryl/α,β-unsaturated/α-hetero) is 1. The summed E-state index contributed by atoms with van der Waals surface area (Å²) in [7, 11) is 0. The first-order valence-electron chi connectivity index (χ1n) is 9.39. The molecule has 0 amide bonds. The summed E-state index contributed by atoms with van der Waals surface area (Å²) < 4.78 is 0. The molecule has 4 atom stereocenters. The number of carboxylic acid groups (broad SMARTS) is 1. The highest BCUT2D eigenvalue weighted by Crippen LogP contribution is 2.34. The van der Waals surface area contributed by atoms with E-state index in [-0.39, 0.29) is 30.5 Å². The Morgan fingerprint density at radius 2 is 2.04 bits per heavy atom. The van der Waals surface area contributed by atoms with Crippen molar-refractivity contribution in [2.45, 2.75) is 76.9 Å². The molecule has 1 saturated carbocycles. The fourth-order valence-corrected chi connectivity index (χ4v) is 3.27. The van der Waals surface area contributed by atoms with Crippen LogP contribution in [0.3, 0.4) is 0 Å². The molecule has 3 N–H and O–H groups in total. The van der Waals surface area contributed by atoms with Gasteiger partial charge in [0, 0.05) is 18.8 Å². The minimum absolute atomic E-state index is 0.0333. The Bertz CT molecular complexity index is 469. The first-order chi connectivity index (χ1) is 12.0. The molecule has 0 bridgehead atoms. The second-order valence-corrected chi connectivity index (χ2v) is 6.87. The van der Waals surface area contributed by atoms with Crippen molar-refractivity contribution in [3.63, 3.8) is 0 Å². The summed E-state index contributed by atoms with van der Waals surface area (Å²) in [5.41, 5.74) is 0. The van der Waals surface area contributed by atoms with Crippen LogP contribution in [0.15, 0.2) is 24.3 Å². The van der Waals surface area contributed by atoms with Crippen LogP contribution in [0, 0.1) is 11.8 Å². The molecule has 142 valence electrons. The number of allylic oxidation sites excluding steroid dienone is 2. The summed E-state index contributed by atoms with van der Waals surface area (Å²) in [6.07, 6.45) is 12.0. The SMILES string of the molecule is CCCCC[C@H]1[C@H](O)CC(=O)[C@@H]1/C=C/[C@H](O)C/C=C\CCCC(=O)O. The summed E-state index contributed by atoms with van der Waals surface area (Å²) in [5, 5.41) is 28.6. The van der Waals surface area contributed by atoms with Crippen LogP contribution in [0.2, 0.25) is 0 Å². The molecule has 0 unspecified atom stereocenters. The highest BCUT2D eigenvalue weighted by atomic mass is 16.4. The fourth-order valence-electron chi connectivity index (χ4n) is 3.27. The quantitative estimate of drug-likeness (QED) is 0.370. The Morgan fingerprint density at radius 1 is 1.28 bits per heavy atom. The third-order valence-electron chi connectivity index (χ3n) is 4.72. The van der Waals surface area contributed by atoms with Crippen molar-refractivity contribution in [1.29, 1.82) is 0 Å². The number of hydrogen-bond acceptors (Lipinski definition) is 4. The maximum absolute atomic E-state index is 12.1. The number of carboxylic acids is 1. The van der Waals surface area contributed by atoms with Gasteiger partial charge in [-0.3, -0.25) is 9.59 Å². The molecule has 0 spiro atoms. The van der Waals surface area contributed by atoms with Crippen LogP contribution in [0.25, 0.3) is 0 Å². The van der Waals surface area contributed by atoms with Gasteiger partial charge in [-0.05, 0) is 31.6 Å². The van der Waals surface area contributed by atoms with Crippen LogP contribution in [0.4, 0.5) is 0 Å². The van der Waals surface area contributed by atoms with E-state index >= 15 is 0 Å². The van der Waals surface area contributed by atoms with Crippen molar-refractivity contribution in [3.8, 4) is 0 Å². The van der Waals surface area contributed by atoms with Crippen molar-refractivity contribution in [3.05, 3.63) is 24.3 Å². The average molecular weight is 352 g/mol. The summed E-state index contributed by atoms with van der Waals surface area (Å²) in [5.74, 6) is -1.06. The van der Waals surface area contributed by atoms with Gasteiger partial charge in [0.1, 0.15) is 5.78 Å². The first kappa shape index (κ1) is 21.6. The van der Waals surface area contributed by atoms with Crippen LogP contribution in [0.5, 0.6) is 0 Å². The van der Waals surface area contributed by atoms with Gasteiger partial charge in [-0.1, -0.05) is 50.5 Å². The van der Waals surface area contributed by atoms with Crippen molar-refractivity contribution in [2.24, 2.45) is 11.8 Å². The predicted molar refractivity (Wildman–Crippen MR) is 97.1 cm³/mol. The second kappa shape index (κ2) is 12.0. The number of rotatable bonds is 12. The van der Waals surface area contributed by atoms with E-state index in [1.54, 1.807) is 12.2 Å². The Hall–Kier alpha value is -1.46. The van der Waals surface area contributed by atoms with Crippen LogP contribution in [0.1, 0.15) is 64.7 Å². The number of aliphatic carboxylic acids is 1. The third-order valence-corrected chi connectivity index (χ3v) is 4.72. The van der Waals surface area contributed by atoms with Crippen LogP contribution < -0.4 is 0 Å². The maximum Gasteiger partial charge on any atom is 0.303 e. The Morgan fingerprint density at radius 3 is 2.72 bits per heavy atom. The molecule has 0 heterocycles.